The number of carbonyl (C=O) groups excluding carboxylic acids is 1. The Labute approximate surface area is 161 Å². The number of piperidine rings is 1. The summed E-state index contributed by atoms with van der Waals surface area (Å²) in [7, 11) is -3.77. The summed E-state index contributed by atoms with van der Waals surface area (Å²) in [6, 6.07) is 7.19. The first-order valence-electron chi connectivity index (χ1n) is 9.06. The number of hydrogen-bond acceptors (Lipinski definition) is 5. The zero-order valence-corrected chi connectivity index (χ0v) is 17.0. The molecule has 0 aromatic heterocycles. The smallest absolute Gasteiger partial charge is 0.407 e. The highest BCUT2D eigenvalue weighted by Gasteiger charge is 2.37. The SMILES string of the molecule is C[C@H](NC(=O)OC(C)(C)C)[C@@H]1CCCCN1S(=O)(=O)c1cccc(C#N)c1. The quantitative estimate of drug-likeness (QED) is 0.848. The van der Waals surface area contributed by atoms with Crippen molar-refractivity contribution in [1.82, 2.24) is 9.62 Å². The van der Waals surface area contributed by atoms with Gasteiger partial charge in [-0.25, -0.2) is 13.2 Å². The van der Waals surface area contributed by atoms with Crippen LogP contribution in [0.3, 0.4) is 0 Å². The van der Waals surface area contributed by atoms with Crippen LogP contribution < -0.4 is 5.32 Å². The molecule has 0 radical (unpaired) electrons. The molecule has 7 nitrogen and oxygen atoms in total. The highest BCUT2D eigenvalue weighted by molar-refractivity contribution is 7.89. The Bertz CT molecular complexity index is 824. The van der Waals surface area contributed by atoms with Gasteiger partial charge in [-0.2, -0.15) is 9.57 Å². The molecule has 1 amide bonds. The Kier molecular flexibility index (Phi) is 6.50. The molecule has 0 spiro atoms. The van der Waals surface area contributed by atoms with Gasteiger partial charge in [0.2, 0.25) is 10.0 Å². The van der Waals surface area contributed by atoms with Gasteiger partial charge in [0.05, 0.1) is 16.5 Å². The molecule has 1 aromatic rings. The number of rotatable bonds is 4. The van der Waals surface area contributed by atoms with Crippen LogP contribution in [-0.4, -0.2) is 43.0 Å². The summed E-state index contributed by atoms with van der Waals surface area (Å²) in [6.45, 7) is 7.49. The van der Waals surface area contributed by atoms with E-state index in [9.17, 15) is 13.2 Å². The maximum absolute atomic E-state index is 13.2. The van der Waals surface area contributed by atoms with Gasteiger partial charge >= 0.3 is 6.09 Å². The average molecular weight is 394 g/mol. The fraction of sp³-hybridized carbons (Fsp3) is 0.579. The molecule has 2 atom stereocenters. The number of alkyl carbamates (subject to hydrolysis) is 1. The number of ether oxygens (including phenoxy) is 1. The Morgan fingerprint density at radius 3 is 2.70 bits per heavy atom. The second kappa shape index (κ2) is 8.28. The second-order valence-corrected chi connectivity index (χ2v) is 9.64. The normalized spacial score (nSPS) is 19.7. The molecule has 1 fully saturated rings. The van der Waals surface area contributed by atoms with Gasteiger partial charge < -0.3 is 10.1 Å². The predicted octanol–water partition coefficient (Wildman–Crippen LogP) is 3.01. The number of nitrogens with zero attached hydrogens (tertiary/aromatic N) is 2. The summed E-state index contributed by atoms with van der Waals surface area (Å²) < 4.78 is 33.0. The molecule has 148 valence electrons. The largest absolute Gasteiger partial charge is 0.444 e. The summed E-state index contributed by atoms with van der Waals surface area (Å²) in [5, 5.41) is 11.8. The number of hydrogen-bond donors (Lipinski definition) is 1. The molecular weight excluding hydrogens is 366 g/mol. The van der Waals surface area contributed by atoms with Crippen LogP contribution in [-0.2, 0) is 14.8 Å². The first kappa shape index (κ1) is 21.2. The van der Waals surface area contributed by atoms with Gasteiger partial charge in [-0.1, -0.05) is 12.5 Å². The van der Waals surface area contributed by atoms with Gasteiger partial charge in [-0.3, -0.25) is 0 Å². The monoisotopic (exact) mass is 393 g/mol. The summed E-state index contributed by atoms with van der Waals surface area (Å²) in [6.07, 6.45) is 1.72. The van der Waals surface area contributed by atoms with E-state index < -0.39 is 27.8 Å². The van der Waals surface area contributed by atoms with E-state index in [1.807, 2.05) is 6.07 Å². The maximum Gasteiger partial charge on any atom is 0.407 e. The van der Waals surface area contributed by atoms with Gasteiger partial charge in [0.1, 0.15) is 5.60 Å². The molecule has 0 unspecified atom stereocenters. The molecule has 1 aliphatic heterocycles. The Hall–Kier alpha value is -2.11. The third-order valence-electron chi connectivity index (χ3n) is 4.39. The van der Waals surface area contributed by atoms with E-state index in [2.05, 4.69) is 5.32 Å². The molecule has 27 heavy (non-hydrogen) atoms. The highest BCUT2D eigenvalue weighted by atomic mass is 32.2. The van der Waals surface area contributed by atoms with E-state index in [-0.39, 0.29) is 10.9 Å². The van der Waals surface area contributed by atoms with Crippen molar-refractivity contribution in [2.45, 2.75) is 69.5 Å². The number of nitriles is 1. The maximum atomic E-state index is 13.2. The average Bonchev–Trinajstić information content (AvgIpc) is 2.60. The topological polar surface area (TPSA) is 99.5 Å². The number of amides is 1. The fourth-order valence-corrected chi connectivity index (χ4v) is 4.99. The molecule has 1 aliphatic rings. The molecule has 8 heteroatoms. The first-order valence-corrected chi connectivity index (χ1v) is 10.5. The van der Waals surface area contributed by atoms with Crippen LogP contribution in [0.1, 0.15) is 52.5 Å². The lowest BCUT2D eigenvalue weighted by atomic mass is 9.99. The number of carbonyl (C=O) groups is 1. The summed E-state index contributed by atoms with van der Waals surface area (Å²) >= 11 is 0. The minimum atomic E-state index is -3.77. The van der Waals surface area contributed by atoms with E-state index in [1.165, 1.54) is 16.4 Å². The molecule has 1 aromatic carbocycles. The van der Waals surface area contributed by atoms with Crippen molar-refractivity contribution >= 4 is 16.1 Å². The number of nitrogens with one attached hydrogen (secondary N) is 1. The molecule has 2 rings (SSSR count). The summed E-state index contributed by atoms with van der Waals surface area (Å²) in [5.74, 6) is 0. The molecule has 0 aliphatic carbocycles. The lowest BCUT2D eigenvalue weighted by Crippen LogP contribution is -2.54. The van der Waals surface area contributed by atoms with E-state index in [1.54, 1.807) is 39.8 Å². The van der Waals surface area contributed by atoms with Crippen LogP contribution >= 0.6 is 0 Å². The van der Waals surface area contributed by atoms with Crippen LogP contribution in [0.15, 0.2) is 29.2 Å². The lowest BCUT2D eigenvalue weighted by molar-refractivity contribution is 0.0478. The van der Waals surface area contributed by atoms with Crippen molar-refractivity contribution in [1.29, 1.82) is 5.26 Å². The van der Waals surface area contributed by atoms with Crippen LogP contribution in [0.2, 0.25) is 0 Å². The van der Waals surface area contributed by atoms with Crippen molar-refractivity contribution < 1.29 is 17.9 Å². The Balaban J connectivity index is 2.23. The molecule has 0 bridgehead atoms. The summed E-state index contributed by atoms with van der Waals surface area (Å²) in [5.41, 5.74) is -0.329. The van der Waals surface area contributed by atoms with Gasteiger partial charge in [0.25, 0.3) is 0 Å². The molecule has 1 N–H and O–H groups in total. The van der Waals surface area contributed by atoms with Crippen LogP contribution in [0.25, 0.3) is 0 Å². The van der Waals surface area contributed by atoms with Gasteiger partial charge in [-0.15, -0.1) is 0 Å². The highest BCUT2D eigenvalue weighted by Crippen LogP contribution is 2.27. The minimum absolute atomic E-state index is 0.0953. The molecular formula is C19H27N3O4S. The lowest BCUT2D eigenvalue weighted by Gasteiger charge is -2.38. The molecule has 1 saturated heterocycles. The van der Waals surface area contributed by atoms with E-state index in [0.29, 0.717) is 18.5 Å². The predicted molar refractivity (Wildman–Crippen MR) is 102 cm³/mol. The van der Waals surface area contributed by atoms with E-state index >= 15 is 0 Å². The van der Waals surface area contributed by atoms with Crippen molar-refractivity contribution in [2.24, 2.45) is 0 Å². The third kappa shape index (κ3) is 5.44. The summed E-state index contributed by atoms with van der Waals surface area (Å²) in [4.78, 5) is 12.2. The standard InChI is InChI=1S/C19H27N3O4S/c1-14(21-18(23)26-19(2,3)4)17-10-5-6-11-22(17)27(24,25)16-9-7-8-15(12-16)13-20/h7-9,12,14,17H,5-6,10-11H2,1-4H3,(H,21,23)/t14-,17-/m0/s1. The van der Waals surface area contributed by atoms with Crippen molar-refractivity contribution in [2.75, 3.05) is 6.54 Å². The Morgan fingerprint density at radius 2 is 2.07 bits per heavy atom. The number of benzene rings is 1. The fourth-order valence-electron chi connectivity index (χ4n) is 3.18. The van der Waals surface area contributed by atoms with Crippen LogP contribution in [0.4, 0.5) is 4.79 Å². The van der Waals surface area contributed by atoms with Gasteiger partial charge in [-0.05, 0) is 58.7 Å². The zero-order chi connectivity index (χ0) is 20.2. The third-order valence-corrected chi connectivity index (χ3v) is 6.31. The minimum Gasteiger partial charge on any atom is -0.444 e. The second-order valence-electron chi connectivity index (χ2n) is 7.75. The van der Waals surface area contributed by atoms with Crippen LogP contribution in [0, 0.1) is 11.3 Å². The van der Waals surface area contributed by atoms with Gasteiger partial charge in [0, 0.05) is 18.6 Å². The van der Waals surface area contributed by atoms with Crippen molar-refractivity contribution in [3.63, 3.8) is 0 Å². The Morgan fingerprint density at radius 1 is 1.37 bits per heavy atom. The van der Waals surface area contributed by atoms with Crippen molar-refractivity contribution in [3.05, 3.63) is 29.8 Å². The molecule has 1 heterocycles. The van der Waals surface area contributed by atoms with Crippen LogP contribution in [0.5, 0.6) is 0 Å². The van der Waals surface area contributed by atoms with E-state index in [0.717, 1.165) is 12.8 Å². The van der Waals surface area contributed by atoms with E-state index in [4.69, 9.17) is 10.00 Å². The first-order chi connectivity index (χ1) is 12.5. The zero-order valence-electron chi connectivity index (χ0n) is 16.2. The number of sulfonamides is 1. The molecule has 0 saturated carbocycles. The van der Waals surface area contributed by atoms with Gasteiger partial charge in [0.15, 0.2) is 0 Å². The van der Waals surface area contributed by atoms with Crippen molar-refractivity contribution in [3.8, 4) is 6.07 Å².